The molecule has 5 rings (SSSR count). The number of carbonyl (C=O) groups excluding carboxylic acids is 3. The Morgan fingerprint density at radius 1 is 1.05 bits per heavy atom. The number of sulfonamides is 1. The van der Waals surface area contributed by atoms with E-state index in [1.54, 1.807) is 0 Å². The summed E-state index contributed by atoms with van der Waals surface area (Å²) in [6.07, 6.45) is 5.56. The first-order valence-corrected chi connectivity index (χ1v) is 14.9. The second-order valence-electron chi connectivity index (χ2n) is 11.3. The minimum absolute atomic E-state index is 0.0814. The fraction of sp³-hybridized carbons (Fsp3) is 0.630. The Morgan fingerprint density at radius 3 is 2.41 bits per heavy atom. The molecule has 1 aliphatic carbocycles. The van der Waals surface area contributed by atoms with Crippen LogP contribution in [-0.2, 0) is 32.5 Å². The van der Waals surface area contributed by atoms with Crippen LogP contribution in [-0.4, -0.2) is 60.7 Å². The molecule has 2 fully saturated rings. The van der Waals surface area contributed by atoms with Crippen molar-refractivity contribution in [2.45, 2.75) is 77.7 Å². The molecule has 0 radical (unpaired) electrons. The van der Waals surface area contributed by atoms with Gasteiger partial charge in [0.15, 0.2) is 0 Å². The van der Waals surface area contributed by atoms with Gasteiger partial charge in [0.2, 0.25) is 15.9 Å². The molecular weight excluding hydrogens is 492 g/mol. The third kappa shape index (κ3) is 4.85. The van der Waals surface area contributed by atoms with Gasteiger partial charge in [-0.3, -0.25) is 24.7 Å². The van der Waals surface area contributed by atoms with Gasteiger partial charge in [-0.2, -0.15) is 0 Å². The van der Waals surface area contributed by atoms with E-state index >= 15 is 0 Å². The summed E-state index contributed by atoms with van der Waals surface area (Å²) in [5.41, 5.74) is 2.76. The Morgan fingerprint density at radius 2 is 1.73 bits per heavy atom. The predicted octanol–water partition coefficient (Wildman–Crippen LogP) is 2.18. The van der Waals surface area contributed by atoms with Crippen molar-refractivity contribution < 1.29 is 22.8 Å². The molecule has 0 aromatic heterocycles. The number of benzene rings is 1. The van der Waals surface area contributed by atoms with Crippen molar-refractivity contribution in [3.63, 3.8) is 0 Å². The van der Waals surface area contributed by atoms with E-state index in [1.165, 1.54) is 4.31 Å². The number of amidine groups is 1. The molecule has 3 amide bonds. The third-order valence-electron chi connectivity index (χ3n) is 8.80. The molecule has 1 aromatic carbocycles. The van der Waals surface area contributed by atoms with E-state index in [0.29, 0.717) is 35.8 Å². The van der Waals surface area contributed by atoms with Crippen LogP contribution in [0.1, 0.15) is 78.1 Å². The molecule has 4 aliphatic rings. The number of aryl methyl sites for hydroxylation is 1. The number of carbonyl (C=O) groups is 3. The van der Waals surface area contributed by atoms with E-state index in [-0.39, 0.29) is 43.5 Å². The van der Waals surface area contributed by atoms with Crippen molar-refractivity contribution in [3.8, 4) is 0 Å². The molecule has 2 N–H and O–H groups in total. The highest BCUT2D eigenvalue weighted by Gasteiger charge is 2.48. The van der Waals surface area contributed by atoms with Gasteiger partial charge in [0.05, 0.1) is 12.2 Å². The number of rotatable bonds is 5. The van der Waals surface area contributed by atoms with E-state index in [0.717, 1.165) is 48.2 Å². The summed E-state index contributed by atoms with van der Waals surface area (Å²) >= 11 is 0. The van der Waals surface area contributed by atoms with Crippen molar-refractivity contribution >= 4 is 33.6 Å². The second-order valence-corrected chi connectivity index (χ2v) is 13.4. The van der Waals surface area contributed by atoms with Crippen LogP contribution >= 0.6 is 0 Å². The lowest BCUT2D eigenvalue weighted by molar-refractivity contribution is -0.125. The maximum absolute atomic E-state index is 13.3. The van der Waals surface area contributed by atoms with Crippen LogP contribution < -0.4 is 10.6 Å². The van der Waals surface area contributed by atoms with Gasteiger partial charge < -0.3 is 5.32 Å². The lowest BCUT2D eigenvalue weighted by atomic mass is 9.82. The van der Waals surface area contributed by atoms with E-state index in [2.05, 4.69) is 17.6 Å². The quantitative estimate of drug-likeness (QED) is 0.567. The molecule has 1 aromatic rings. The van der Waals surface area contributed by atoms with E-state index in [1.807, 2.05) is 19.9 Å². The normalized spacial score (nSPS) is 26.0. The summed E-state index contributed by atoms with van der Waals surface area (Å²) in [6.45, 7) is 6.49. The first-order chi connectivity index (χ1) is 17.5. The minimum Gasteiger partial charge on any atom is -0.312 e. The first-order valence-electron chi connectivity index (χ1n) is 13.3. The largest absolute Gasteiger partial charge is 0.312 e. The molecule has 10 heteroatoms. The highest BCUT2D eigenvalue weighted by Crippen LogP contribution is 2.36. The maximum Gasteiger partial charge on any atom is 0.258 e. The first kappa shape index (κ1) is 26.0. The van der Waals surface area contributed by atoms with Crippen molar-refractivity contribution in [3.05, 3.63) is 33.9 Å². The van der Waals surface area contributed by atoms with E-state index in [9.17, 15) is 22.8 Å². The van der Waals surface area contributed by atoms with Gasteiger partial charge >= 0.3 is 0 Å². The molecule has 3 aliphatic heterocycles. The topological polar surface area (TPSA) is 125 Å². The monoisotopic (exact) mass is 528 g/mol. The van der Waals surface area contributed by atoms with Crippen LogP contribution in [0.2, 0.25) is 0 Å². The van der Waals surface area contributed by atoms with Gasteiger partial charge in [0.25, 0.3) is 11.8 Å². The molecule has 9 nitrogen and oxygen atoms in total. The number of piperidine rings is 1. The van der Waals surface area contributed by atoms with Gasteiger partial charge in [-0.25, -0.2) is 12.7 Å². The number of nitrogens with one attached hydrogen (secondary N) is 2. The van der Waals surface area contributed by atoms with Crippen molar-refractivity contribution in [1.82, 2.24) is 14.9 Å². The summed E-state index contributed by atoms with van der Waals surface area (Å²) in [6, 6.07) is 1.83. The molecule has 200 valence electrons. The minimum atomic E-state index is -3.56. The number of hydrogen-bond donors (Lipinski definition) is 2. The Bertz CT molecular complexity index is 1290. The van der Waals surface area contributed by atoms with Crippen LogP contribution in [0.5, 0.6) is 0 Å². The van der Waals surface area contributed by atoms with Gasteiger partial charge in [-0.05, 0) is 74.1 Å². The van der Waals surface area contributed by atoms with Gasteiger partial charge in [0, 0.05) is 24.6 Å². The Hall–Kier alpha value is -2.59. The van der Waals surface area contributed by atoms with Crippen LogP contribution in [0.25, 0.3) is 0 Å². The molecule has 3 heterocycles. The average Bonchev–Trinajstić information content (AvgIpc) is 3.14. The Balaban J connectivity index is 1.25. The van der Waals surface area contributed by atoms with Crippen LogP contribution in [0, 0.1) is 25.7 Å². The van der Waals surface area contributed by atoms with Gasteiger partial charge in [-0.15, -0.1) is 0 Å². The fourth-order valence-corrected chi connectivity index (χ4v) is 7.92. The molecule has 1 spiro atoms. The van der Waals surface area contributed by atoms with Crippen LogP contribution in [0.15, 0.2) is 11.1 Å². The zero-order valence-corrected chi connectivity index (χ0v) is 22.7. The Kier molecular flexibility index (Phi) is 6.77. The summed E-state index contributed by atoms with van der Waals surface area (Å²) < 4.78 is 28.0. The van der Waals surface area contributed by atoms with Crippen LogP contribution in [0.4, 0.5) is 0 Å². The SMILES string of the molecule is Cc1cc2c(c(C)c1CCS(=O)(=O)N1CCC3(CC1)N=C(C1CCC(C)CC1)NC3=O)C(=O)NC(=O)C2. The number of amides is 3. The smallest absolute Gasteiger partial charge is 0.258 e. The molecule has 1 saturated heterocycles. The zero-order chi connectivity index (χ0) is 26.5. The average molecular weight is 529 g/mol. The molecule has 0 bridgehead atoms. The van der Waals surface area contributed by atoms with E-state index < -0.39 is 21.5 Å². The van der Waals surface area contributed by atoms with E-state index in [4.69, 9.17) is 4.99 Å². The number of nitrogens with zero attached hydrogens (tertiary/aromatic N) is 2. The summed E-state index contributed by atoms with van der Waals surface area (Å²) in [4.78, 5) is 42.0. The fourth-order valence-electron chi connectivity index (χ4n) is 6.46. The summed E-state index contributed by atoms with van der Waals surface area (Å²) in [5.74, 6) is 0.896. The standard InChI is InChI=1S/C27H36N4O5S/c1-16-4-6-19(7-5-16)24-29-26(34)27(30-24)9-11-31(12-10-27)37(35,36)13-8-21-17(2)14-20-15-22(32)28-25(33)23(20)18(21)3/h14,16,19H,4-13,15H2,1-3H3,(H,28,32,33)(H,29,30,34). The second kappa shape index (κ2) is 9.62. The number of imide groups is 1. The van der Waals surface area contributed by atoms with Gasteiger partial charge in [-0.1, -0.05) is 25.8 Å². The molecule has 37 heavy (non-hydrogen) atoms. The van der Waals surface area contributed by atoms with Crippen molar-refractivity contribution in [1.29, 1.82) is 0 Å². The van der Waals surface area contributed by atoms with Crippen LogP contribution in [0.3, 0.4) is 0 Å². The van der Waals surface area contributed by atoms with Gasteiger partial charge in [0.1, 0.15) is 11.4 Å². The number of fused-ring (bicyclic) bond motifs is 1. The lowest BCUT2D eigenvalue weighted by Gasteiger charge is -2.35. The third-order valence-corrected chi connectivity index (χ3v) is 10.7. The highest BCUT2D eigenvalue weighted by molar-refractivity contribution is 7.89. The lowest BCUT2D eigenvalue weighted by Crippen LogP contribution is -2.51. The Labute approximate surface area is 218 Å². The predicted molar refractivity (Wildman–Crippen MR) is 140 cm³/mol. The molecule has 0 unspecified atom stereocenters. The molecular formula is C27H36N4O5S. The van der Waals surface area contributed by atoms with Crippen molar-refractivity contribution in [2.75, 3.05) is 18.8 Å². The highest BCUT2D eigenvalue weighted by atomic mass is 32.2. The summed E-state index contributed by atoms with van der Waals surface area (Å²) in [5, 5.41) is 5.38. The molecule has 0 atom stereocenters. The number of aliphatic imine (C=N–C) groups is 1. The van der Waals surface area contributed by atoms with Crippen molar-refractivity contribution in [2.24, 2.45) is 16.8 Å². The number of hydrogen-bond acceptors (Lipinski definition) is 6. The molecule has 1 saturated carbocycles. The summed E-state index contributed by atoms with van der Waals surface area (Å²) in [7, 11) is -3.56. The zero-order valence-electron chi connectivity index (χ0n) is 21.9. The maximum atomic E-state index is 13.3.